The van der Waals surface area contributed by atoms with Gasteiger partial charge in [-0.1, -0.05) is 30.3 Å². The maximum Gasteiger partial charge on any atom is 0.307 e. The molecule has 3 rings (SSSR count). The minimum absolute atomic E-state index is 0.0558. The van der Waals surface area contributed by atoms with E-state index in [-0.39, 0.29) is 6.42 Å². The van der Waals surface area contributed by atoms with Crippen molar-refractivity contribution in [1.29, 1.82) is 0 Å². The molecule has 2 aromatic carbocycles. The van der Waals surface area contributed by atoms with Crippen LogP contribution in [0.1, 0.15) is 5.56 Å². The average Bonchev–Trinajstić information content (AvgIpc) is 2.85. The summed E-state index contributed by atoms with van der Waals surface area (Å²) in [5.41, 5.74) is 4.06. The predicted octanol–water partition coefficient (Wildman–Crippen LogP) is 3.46. The van der Waals surface area contributed by atoms with Gasteiger partial charge in [0.25, 0.3) is 0 Å². The molecule has 1 aromatic heterocycles. The van der Waals surface area contributed by atoms with E-state index in [9.17, 15) is 4.79 Å². The van der Waals surface area contributed by atoms with E-state index in [1.165, 1.54) is 0 Å². The van der Waals surface area contributed by atoms with Crippen LogP contribution in [-0.2, 0) is 11.2 Å². The zero-order valence-corrected chi connectivity index (χ0v) is 10.3. The molecule has 0 amide bonds. The van der Waals surface area contributed by atoms with Crippen molar-refractivity contribution in [1.82, 2.24) is 4.98 Å². The molecule has 0 aliphatic carbocycles. The lowest BCUT2D eigenvalue weighted by Gasteiger charge is -2.04. The Kier molecular flexibility index (Phi) is 2.80. The van der Waals surface area contributed by atoms with Crippen LogP contribution in [0.15, 0.2) is 54.7 Å². The van der Waals surface area contributed by atoms with E-state index < -0.39 is 5.97 Å². The number of carboxylic acids is 1. The predicted molar refractivity (Wildman–Crippen MR) is 75.1 cm³/mol. The Balaban J connectivity index is 2.02. The summed E-state index contributed by atoms with van der Waals surface area (Å²) in [5.74, 6) is -0.807. The van der Waals surface area contributed by atoms with E-state index in [2.05, 4.69) is 11.1 Å². The Morgan fingerprint density at radius 1 is 1.05 bits per heavy atom. The van der Waals surface area contributed by atoms with Crippen LogP contribution in [-0.4, -0.2) is 16.1 Å². The molecule has 0 saturated heterocycles. The van der Waals surface area contributed by atoms with Crippen LogP contribution in [0.5, 0.6) is 0 Å². The quantitative estimate of drug-likeness (QED) is 0.749. The third-order valence-corrected chi connectivity index (χ3v) is 3.17. The first-order chi connectivity index (χ1) is 9.22. The number of H-pyrrole nitrogens is 1. The molecular formula is C16H13NO2. The first-order valence-corrected chi connectivity index (χ1v) is 6.10. The van der Waals surface area contributed by atoms with Gasteiger partial charge in [-0.25, -0.2) is 0 Å². The third-order valence-electron chi connectivity index (χ3n) is 3.17. The number of aromatic amines is 1. The molecule has 0 spiro atoms. The number of rotatable bonds is 3. The molecule has 3 nitrogen and oxygen atoms in total. The lowest BCUT2D eigenvalue weighted by atomic mass is 10.0. The third kappa shape index (κ3) is 2.36. The van der Waals surface area contributed by atoms with Crippen LogP contribution in [0.4, 0.5) is 0 Å². The molecule has 0 unspecified atom stereocenters. The molecule has 0 aliphatic rings. The van der Waals surface area contributed by atoms with Gasteiger partial charge < -0.3 is 10.1 Å². The number of benzene rings is 2. The van der Waals surface area contributed by atoms with E-state index in [0.29, 0.717) is 0 Å². The van der Waals surface area contributed by atoms with Crippen molar-refractivity contribution in [2.75, 3.05) is 0 Å². The Labute approximate surface area is 110 Å². The van der Waals surface area contributed by atoms with E-state index in [0.717, 1.165) is 27.6 Å². The summed E-state index contributed by atoms with van der Waals surface area (Å²) < 4.78 is 0. The first kappa shape index (κ1) is 11.5. The second kappa shape index (κ2) is 4.61. The van der Waals surface area contributed by atoms with Crippen LogP contribution in [0, 0.1) is 0 Å². The maximum absolute atomic E-state index is 10.8. The fourth-order valence-corrected chi connectivity index (χ4v) is 2.27. The summed E-state index contributed by atoms with van der Waals surface area (Å²) in [6.45, 7) is 0. The normalized spacial score (nSPS) is 10.7. The van der Waals surface area contributed by atoms with Gasteiger partial charge in [0.05, 0.1) is 6.42 Å². The van der Waals surface area contributed by atoms with Crippen LogP contribution < -0.4 is 0 Å². The molecule has 0 radical (unpaired) electrons. The summed E-state index contributed by atoms with van der Waals surface area (Å²) in [6, 6.07) is 15.9. The molecule has 2 N–H and O–H groups in total. The van der Waals surface area contributed by atoms with Gasteiger partial charge in [-0.05, 0) is 40.3 Å². The van der Waals surface area contributed by atoms with Gasteiger partial charge >= 0.3 is 5.97 Å². The minimum atomic E-state index is -0.807. The highest BCUT2D eigenvalue weighted by Gasteiger charge is 2.04. The Bertz CT molecular complexity index is 743. The lowest BCUT2D eigenvalue weighted by molar-refractivity contribution is -0.136. The molecule has 19 heavy (non-hydrogen) atoms. The maximum atomic E-state index is 10.8. The second-order valence-electron chi connectivity index (χ2n) is 4.55. The van der Waals surface area contributed by atoms with Crippen molar-refractivity contribution in [3.8, 4) is 11.1 Å². The fraction of sp³-hybridized carbons (Fsp3) is 0.0625. The summed E-state index contributed by atoms with van der Waals surface area (Å²) in [4.78, 5) is 13.9. The summed E-state index contributed by atoms with van der Waals surface area (Å²) >= 11 is 0. The second-order valence-corrected chi connectivity index (χ2v) is 4.55. The monoisotopic (exact) mass is 251 g/mol. The first-order valence-electron chi connectivity index (χ1n) is 6.10. The number of hydrogen-bond acceptors (Lipinski definition) is 1. The van der Waals surface area contributed by atoms with E-state index >= 15 is 0 Å². The van der Waals surface area contributed by atoms with Crippen molar-refractivity contribution in [2.45, 2.75) is 6.42 Å². The summed E-state index contributed by atoms with van der Waals surface area (Å²) in [5, 5.41) is 9.99. The van der Waals surface area contributed by atoms with Crippen LogP contribution in [0.25, 0.3) is 22.0 Å². The molecule has 0 aliphatic heterocycles. The Hall–Kier alpha value is -2.55. The molecule has 0 saturated carbocycles. The molecule has 0 bridgehead atoms. The number of carbonyl (C=O) groups is 1. The Morgan fingerprint density at radius 2 is 1.89 bits per heavy atom. The number of hydrogen-bond donors (Lipinski definition) is 2. The highest BCUT2D eigenvalue weighted by Crippen LogP contribution is 2.24. The largest absolute Gasteiger partial charge is 0.481 e. The smallest absolute Gasteiger partial charge is 0.307 e. The van der Waals surface area contributed by atoms with Crippen molar-refractivity contribution in [3.05, 3.63) is 60.3 Å². The van der Waals surface area contributed by atoms with Crippen LogP contribution >= 0.6 is 0 Å². The SMILES string of the molecule is O=C(O)Cc1cccc(-c2ccc3[nH]ccc3c2)c1. The molecule has 0 atom stereocenters. The lowest BCUT2D eigenvalue weighted by Crippen LogP contribution is -1.99. The highest BCUT2D eigenvalue weighted by molar-refractivity contribution is 5.85. The number of nitrogens with one attached hydrogen (secondary N) is 1. The Morgan fingerprint density at radius 3 is 2.74 bits per heavy atom. The van der Waals surface area contributed by atoms with E-state index in [4.69, 9.17) is 5.11 Å². The molecular weight excluding hydrogens is 238 g/mol. The summed E-state index contributed by atoms with van der Waals surface area (Å²) in [7, 11) is 0. The average molecular weight is 251 g/mol. The molecule has 0 fully saturated rings. The zero-order chi connectivity index (χ0) is 13.2. The number of aliphatic carboxylic acids is 1. The van der Waals surface area contributed by atoms with Gasteiger partial charge in [-0.2, -0.15) is 0 Å². The van der Waals surface area contributed by atoms with Gasteiger partial charge in [-0.15, -0.1) is 0 Å². The van der Waals surface area contributed by atoms with Crippen molar-refractivity contribution in [2.24, 2.45) is 0 Å². The van der Waals surface area contributed by atoms with Crippen LogP contribution in [0.2, 0.25) is 0 Å². The zero-order valence-electron chi connectivity index (χ0n) is 10.3. The fourth-order valence-electron chi connectivity index (χ4n) is 2.27. The molecule has 94 valence electrons. The van der Waals surface area contributed by atoms with Gasteiger partial charge in [0.1, 0.15) is 0 Å². The number of fused-ring (bicyclic) bond motifs is 1. The van der Waals surface area contributed by atoms with Gasteiger partial charge in [0.2, 0.25) is 0 Å². The van der Waals surface area contributed by atoms with E-state index in [1.54, 1.807) is 0 Å². The van der Waals surface area contributed by atoms with Crippen molar-refractivity contribution >= 4 is 16.9 Å². The summed E-state index contributed by atoms with van der Waals surface area (Å²) in [6.07, 6.45) is 1.97. The number of carboxylic acid groups (broad SMARTS) is 1. The topological polar surface area (TPSA) is 53.1 Å². The van der Waals surface area contributed by atoms with Crippen molar-refractivity contribution < 1.29 is 9.90 Å². The highest BCUT2D eigenvalue weighted by atomic mass is 16.4. The van der Waals surface area contributed by atoms with Gasteiger partial charge in [-0.3, -0.25) is 4.79 Å². The molecule has 3 aromatic rings. The number of aromatic nitrogens is 1. The molecule has 3 heteroatoms. The van der Waals surface area contributed by atoms with Crippen LogP contribution in [0.3, 0.4) is 0 Å². The van der Waals surface area contributed by atoms with E-state index in [1.807, 2.05) is 48.7 Å². The molecule has 1 heterocycles. The van der Waals surface area contributed by atoms with Gasteiger partial charge in [0, 0.05) is 11.7 Å². The standard InChI is InChI=1S/C16H13NO2/c18-16(19)9-11-2-1-3-12(8-11)13-4-5-15-14(10-13)6-7-17-15/h1-8,10,17H,9H2,(H,18,19). The minimum Gasteiger partial charge on any atom is -0.481 e. The van der Waals surface area contributed by atoms with Crippen molar-refractivity contribution in [3.63, 3.8) is 0 Å². The van der Waals surface area contributed by atoms with Gasteiger partial charge in [0.15, 0.2) is 0 Å².